The van der Waals surface area contributed by atoms with Crippen molar-refractivity contribution in [2.75, 3.05) is 40.6 Å². The minimum atomic E-state index is -0.884. The van der Waals surface area contributed by atoms with Gasteiger partial charge >= 0.3 is 0 Å². The monoisotopic (exact) mass is 495 g/mol. The van der Waals surface area contributed by atoms with E-state index in [0.29, 0.717) is 47.0 Å². The van der Waals surface area contributed by atoms with E-state index in [1.165, 1.54) is 19.1 Å². The molecule has 1 aliphatic heterocycles. The van der Waals surface area contributed by atoms with Gasteiger partial charge in [0.2, 0.25) is 5.78 Å². The molecule has 0 saturated carbocycles. The van der Waals surface area contributed by atoms with E-state index in [-0.39, 0.29) is 24.5 Å². The Balaban J connectivity index is 1.82. The van der Waals surface area contributed by atoms with E-state index in [4.69, 9.17) is 23.4 Å². The maximum Gasteiger partial charge on any atom is 0.290 e. The fourth-order valence-electron chi connectivity index (χ4n) is 4.33. The summed E-state index contributed by atoms with van der Waals surface area (Å²) in [5.74, 6) is -0.419. The number of Topliss-reactive ketones (excluding diaryl/α,β-unsaturated/α-hetero) is 1. The van der Waals surface area contributed by atoms with Crippen LogP contribution in [0.2, 0.25) is 0 Å². The van der Waals surface area contributed by atoms with Crippen LogP contribution in [0.25, 0.3) is 11.0 Å². The minimum Gasteiger partial charge on any atom is -0.503 e. The first kappa shape index (κ1) is 25.1. The topological polar surface area (TPSA) is 108 Å². The number of methoxy groups -OCH3 is 2. The van der Waals surface area contributed by atoms with Crippen molar-refractivity contribution in [1.29, 1.82) is 0 Å². The molecule has 9 heteroatoms. The molecule has 1 aromatic heterocycles. The summed E-state index contributed by atoms with van der Waals surface area (Å²) in [6, 6.07) is 11.2. The lowest BCUT2D eigenvalue weighted by Crippen LogP contribution is -2.34. The predicted molar refractivity (Wildman–Crippen MR) is 132 cm³/mol. The number of hydrogen-bond donors (Lipinski definition) is 1. The summed E-state index contributed by atoms with van der Waals surface area (Å²) in [4.78, 5) is 28.2. The zero-order valence-electron chi connectivity index (χ0n) is 20.7. The molecule has 1 N–H and O–H groups in total. The molecule has 1 amide bonds. The van der Waals surface area contributed by atoms with Gasteiger partial charge in [0.25, 0.3) is 5.91 Å². The molecule has 4 rings (SSSR count). The molecule has 0 aliphatic carbocycles. The van der Waals surface area contributed by atoms with Gasteiger partial charge in [0.05, 0.1) is 38.5 Å². The number of nitrogens with zero attached hydrogens (tertiary/aromatic N) is 1. The normalized spacial score (nSPS) is 15.6. The highest BCUT2D eigenvalue weighted by atomic mass is 16.5. The van der Waals surface area contributed by atoms with Crippen molar-refractivity contribution in [3.63, 3.8) is 0 Å². The van der Waals surface area contributed by atoms with Crippen LogP contribution in [0.4, 0.5) is 0 Å². The Labute approximate surface area is 208 Å². The molecule has 190 valence electrons. The summed E-state index contributed by atoms with van der Waals surface area (Å²) < 4.78 is 27.8. The number of aliphatic hydroxyl groups is 1. The number of carbonyl (C=O) groups is 2. The van der Waals surface area contributed by atoms with Crippen LogP contribution in [0.1, 0.15) is 36.0 Å². The number of para-hydroxylation sites is 1. The van der Waals surface area contributed by atoms with Gasteiger partial charge in [-0.3, -0.25) is 9.59 Å². The van der Waals surface area contributed by atoms with E-state index >= 15 is 0 Å². The fraction of sp³-hybridized carbons (Fsp3) is 0.333. The van der Waals surface area contributed by atoms with Gasteiger partial charge < -0.3 is 33.4 Å². The van der Waals surface area contributed by atoms with Crippen molar-refractivity contribution >= 4 is 22.7 Å². The lowest BCUT2D eigenvalue weighted by Gasteiger charge is -2.27. The van der Waals surface area contributed by atoms with Crippen molar-refractivity contribution in [3.8, 4) is 17.2 Å². The first-order valence-electron chi connectivity index (χ1n) is 11.7. The van der Waals surface area contributed by atoms with Crippen LogP contribution >= 0.6 is 0 Å². The molecule has 0 spiro atoms. The zero-order valence-corrected chi connectivity index (χ0v) is 20.7. The van der Waals surface area contributed by atoms with Crippen molar-refractivity contribution in [3.05, 3.63) is 65.1 Å². The van der Waals surface area contributed by atoms with E-state index in [2.05, 4.69) is 0 Å². The Morgan fingerprint density at radius 2 is 1.78 bits per heavy atom. The van der Waals surface area contributed by atoms with Gasteiger partial charge in [0.1, 0.15) is 0 Å². The third-order valence-corrected chi connectivity index (χ3v) is 5.92. The maximum atomic E-state index is 13.7. The lowest BCUT2D eigenvalue weighted by atomic mass is 9.94. The van der Waals surface area contributed by atoms with Crippen LogP contribution in [-0.4, -0.2) is 62.3 Å². The number of fused-ring (bicyclic) bond motifs is 1. The summed E-state index contributed by atoms with van der Waals surface area (Å²) in [5, 5.41) is 11.5. The second-order valence-electron chi connectivity index (χ2n) is 8.05. The minimum absolute atomic E-state index is 0.0154. The molecule has 9 nitrogen and oxygen atoms in total. The third-order valence-electron chi connectivity index (χ3n) is 5.92. The van der Waals surface area contributed by atoms with Crippen molar-refractivity contribution in [2.45, 2.75) is 19.9 Å². The number of ketones is 1. The highest BCUT2D eigenvalue weighted by Crippen LogP contribution is 2.42. The SMILES string of the molecule is CCOc1ccc(C2C(C(=O)c3cc4cccc(OC)c4o3)=C(O)C(=O)N2CCOC)cc1OCC. The Hall–Kier alpha value is -3.98. The number of aliphatic hydroxyl groups excluding tert-OH is 1. The molecule has 1 unspecified atom stereocenters. The van der Waals surface area contributed by atoms with Crippen molar-refractivity contribution in [2.24, 2.45) is 0 Å². The van der Waals surface area contributed by atoms with Crippen LogP contribution in [0.5, 0.6) is 17.2 Å². The van der Waals surface area contributed by atoms with Crippen LogP contribution in [0.3, 0.4) is 0 Å². The number of ether oxygens (including phenoxy) is 4. The molecule has 36 heavy (non-hydrogen) atoms. The zero-order chi connectivity index (χ0) is 25.8. The quantitative estimate of drug-likeness (QED) is 0.389. The third kappa shape index (κ3) is 4.49. The number of furan rings is 1. The summed E-state index contributed by atoms with van der Waals surface area (Å²) >= 11 is 0. The van der Waals surface area contributed by atoms with Crippen molar-refractivity contribution in [1.82, 2.24) is 4.90 Å². The molecule has 1 atom stereocenters. The summed E-state index contributed by atoms with van der Waals surface area (Å²) in [5.41, 5.74) is 0.897. The van der Waals surface area contributed by atoms with E-state index in [1.54, 1.807) is 42.5 Å². The van der Waals surface area contributed by atoms with Crippen LogP contribution < -0.4 is 14.2 Å². The van der Waals surface area contributed by atoms with Gasteiger partial charge in [0.15, 0.2) is 34.4 Å². The van der Waals surface area contributed by atoms with Gasteiger partial charge in [-0.15, -0.1) is 0 Å². The van der Waals surface area contributed by atoms with Crippen LogP contribution in [0, 0.1) is 0 Å². The number of benzene rings is 2. The molecular formula is C27H29NO8. The first-order chi connectivity index (χ1) is 17.4. The highest BCUT2D eigenvalue weighted by molar-refractivity contribution is 6.16. The Bertz CT molecular complexity index is 1310. The average molecular weight is 496 g/mol. The molecule has 1 aliphatic rings. The van der Waals surface area contributed by atoms with Gasteiger partial charge in [-0.1, -0.05) is 18.2 Å². The maximum absolute atomic E-state index is 13.7. The molecule has 0 radical (unpaired) electrons. The first-order valence-corrected chi connectivity index (χ1v) is 11.7. The second kappa shape index (κ2) is 10.7. The lowest BCUT2D eigenvalue weighted by molar-refractivity contribution is -0.130. The summed E-state index contributed by atoms with van der Waals surface area (Å²) in [6.07, 6.45) is 0. The number of rotatable bonds is 11. The van der Waals surface area contributed by atoms with Gasteiger partial charge in [-0.2, -0.15) is 0 Å². The van der Waals surface area contributed by atoms with E-state index < -0.39 is 23.5 Å². The largest absolute Gasteiger partial charge is 0.503 e. The number of hydrogen-bond acceptors (Lipinski definition) is 8. The van der Waals surface area contributed by atoms with E-state index in [0.717, 1.165) is 0 Å². The predicted octanol–water partition coefficient (Wildman–Crippen LogP) is 4.46. The van der Waals surface area contributed by atoms with Crippen LogP contribution in [-0.2, 0) is 9.53 Å². The average Bonchev–Trinajstić information content (AvgIpc) is 3.43. The highest BCUT2D eigenvalue weighted by Gasteiger charge is 2.44. The summed E-state index contributed by atoms with van der Waals surface area (Å²) in [7, 11) is 3.02. The van der Waals surface area contributed by atoms with E-state index in [9.17, 15) is 14.7 Å². The molecule has 2 aromatic carbocycles. The van der Waals surface area contributed by atoms with Crippen molar-refractivity contribution < 1.29 is 38.1 Å². The van der Waals surface area contributed by atoms with Gasteiger partial charge in [0, 0.05) is 19.0 Å². The second-order valence-corrected chi connectivity index (χ2v) is 8.05. The Morgan fingerprint density at radius 3 is 2.47 bits per heavy atom. The van der Waals surface area contributed by atoms with Crippen LogP contribution in [0.15, 0.2) is 58.2 Å². The molecule has 3 aromatic rings. The molecule has 2 heterocycles. The summed E-state index contributed by atoms with van der Waals surface area (Å²) in [6.45, 7) is 4.93. The number of amides is 1. The fourth-order valence-corrected chi connectivity index (χ4v) is 4.33. The molecule has 0 fully saturated rings. The molecule has 0 bridgehead atoms. The molecular weight excluding hydrogens is 466 g/mol. The Kier molecular flexibility index (Phi) is 7.49. The van der Waals surface area contributed by atoms with E-state index in [1.807, 2.05) is 13.8 Å². The standard InChI is InChI=1S/C27H29NO8/c1-5-34-18-11-10-16(14-20(18)35-6-2)23-22(25(30)27(31)28(23)12-13-32-3)24(29)21-15-17-8-7-9-19(33-4)26(17)36-21/h7-11,14-15,23,30H,5-6,12-13H2,1-4H3. The molecule has 0 saturated heterocycles. The smallest absolute Gasteiger partial charge is 0.290 e. The Morgan fingerprint density at radius 1 is 1.03 bits per heavy atom. The van der Waals surface area contributed by atoms with Gasteiger partial charge in [-0.25, -0.2) is 0 Å². The van der Waals surface area contributed by atoms with Gasteiger partial charge in [-0.05, 0) is 43.7 Å². The number of carbonyl (C=O) groups excluding carboxylic acids is 2.